The van der Waals surface area contributed by atoms with Crippen LogP contribution in [-0.4, -0.2) is 120 Å². The maximum Gasteiger partial charge on any atom is 0.260 e. The smallest absolute Gasteiger partial charge is 0.260 e. The summed E-state index contributed by atoms with van der Waals surface area (Å²) in [5, 5.41) is 24.7. The van der Waals surface area contributed by atoms with Gasteiger partial charge in [-0.3, -0.25) is 29.3 Å². The van der Waals surface area contributed by atoms with Crippen LogP contribution in [0, 0.1) is 28.8 Å². The molecule has 3 atom stereocenters. The van der Waals surface area contributed by atoms with Crippen molar-refractivity contribution in [3.05, 3.63) is 108 Å². The van der Waals surface area contributed by atoms with Gasteiger partial charge in [0.15, 0.2) is 0 Å². The van der Waals surface area contributed by atoms with E-state index in [1.54, 1.807) is 33.9 Å². The minimum Gasteiger partial charge on any atom is -0.374 e. The highest BCUT2D eigenvalue weighted by Crippen LogP contribution is 2.38. The van der Waals surface area contributed by atoms with Gasteiger partial charge in [0.05, 0.1) is 53.8 Å². The number of rotatable bonds is 9. The van der Waals surface area contributed by atoms with Gasteiger partial charge in [-0.2, -0.15) is 15.5 Å². The van der Waals surface area contributed by atoms with Crippen molar-refractivity contribution in [2.45, 2.75) is 75.2 Å². The molecule has 1 aliphatic carbocycles. The van der Waals surface area contributed by atoms with Crippen LogP contribution in [0.2, 0.25) is 0 Å². The number of benzene rings is 2. The third-order valence-corrected chi connectivity index (χ3v) is 14.2. The van der Waals surface area contributed by atoms with Crippen LogP contribution in [0.4, 0.5) is 30.4 Å². The number of piperazine rings is 2. The monoisotopic (exact) mass is 909 g/mol. The molecule has 2 N–H and O–H groups in total. The van der Waals surface area contributed by atoms with Crippen LogP contribution in [0.3, 0.4) is 0 Å². The molecule has 12 rings (SSSR count). The number of carbonyl (C=O) groups is 3. The first kappa shape index (κ1) is 42.3. The van der Waals surface area contributed by atoms with Crippen molar-refractivity contribution in [3.63, 3.8) is 0 Å². The molecule has 19 heteroatoms. The van der Waals surface area contributed by atoms with E-state index in [-0.39, 0.29) is 36.3 Å². The second-order valence-electron chi connectivity index (χ2n) is 18.1. The van der Waals surface area contributed by atoms with Crippen LogP contribution in [0.15, 0.2) is 79.5 Å². The zero-order valence-corrected chi connectivity index (χ0v) is 36.4. The van der Waals surface area contributed by atoms with E-state index in [0.29, 0.717) is 83.9 Å². The van der Waals surface area contributed by atoms with Gasteiger partial charge < -0.3 is 20.0 Å². The number of nitrogens with zero attached hydrogens (tertiary/aromatic N) is 11. The SMILES string of the molecule is N#Cc1cnn2cc(-c3cnn(C4CCC(N5CCN(c6ccc(NC7CCC(=O)NC7=O)cc6F)CC5)CC4)c3)nc(-c3ccc(N4CC5CC(C4)N5C(=O)c4c(F)cccc4F)nc3)c12. The molecule has 342 valence electrons. The lowest BCUT2D eigenvalue weighted by atomic mass is 9.86. The summed E-state index contributed by atoms with van der Waals surface area (Å²) in [6, 6.07) is 14.1. The number of fused-ring (bicyclic) bond motifs is 3. The van der Waals surface area contributed by atoms with Gasteiger partial charge in [0, 0.05) is 80.9 Å². The molecular formula is C48H46F3N13O3. The molecule has 67 heavy (non-hydrogen) atoms. The Bertz CT molecular complexity index is 2920. The Hall–Kier alpha value is -7.33. The first-order valence-electron chi connectivity index (χ1n) is 22.8. The quantitative estimate of drug-likeness (QED) is 0.173. The number of amides is 3. The minimum atomic E-state index is -0.865. The third kappa shape index (κ3) is 7.88. The predicted molar refractivity (Wildman–Crippen MR) is 240 cm³/mol. The fourth-order valence-electron chi connectivity index (χ4n) is 10.7. The standard InChI is InChI=1S/C48H46F3N13O3/c49-36-2-1-3-37(50)44(36)48(67)64-34-19-35(64)26-61(25-34)42-12-4-28(21-53-42)45-46-29(20-52)22-55-63(46)27-40(57-45)30-23-54-62(24-30)33-8-6-32(7-9-33)59-14-16-60(17-15-59)41-11-5-31(18-38(41)51)56-39-10-13-43(65)58-47(39)66/h1-5,11-12,18,21-24,27,32-35,39,56H,6-10,13-17,19,25-26H2,(H,58,65,66). The lowest BCUT2D eigenvalue weighted by Crippen LogP contribution is -2.70. The number of imide groups is 1. The van der Waals surface area contributed by atoms with Crippen LogP contribution < -0.4 is 20.4 Å². The first-order valence-corrected chi connectivity index (χ1v) is 22.8. The summed E-state index contributed by atoms with van der Waals surface area (Å²) in [4.78, 5) is 55.0. The molecule has 2 bridgehead atoms. The molecule has 9 heterocycles. The van der Waals surface area contributed by atoms with Crippen molar-refractivity contribution in [1.29, 1.82) is 5.26 Å². The van der Waals surface area contributed by atoms with E-state index in [1.807, 2.05) is 29.2 Å². The van der Waals surface area contributed by atoms with Gasteiger partial charge >= 0.3 is 0 Å². The molecule has 1 saturated carbocycles. The number of hydrogen-bond acceptors (Lipinski definition) is 12. The second-order valence-corrected chi connectivity index (χ2v) is 18.1. The Balaban J connectivity index is 0.718. The molecule has 4 aromatic heterocycles. The number of anilines is 3. The summed E-state index contributed by atoms with van der Waals surface area (Å²) in [5.74, 6) is -2.70. The van der Waals surface area contributed by atoms with E-state index in [2.05, 4.69) is 36.5 Å². The van der Waals surface area contributed by atoms with E-state index in [1.165, 1.54) is 18.3 Å². The first-order chi connectivity index (χ1) is 32.6. The Morgan fingerprint density at radius 1 is 0.791 bits per heavy atom. The van der Waals surface area contributed by atoms with Gasteiger partial charge in [-0.05, 0) is 81.0 Å². The fraction of sp³-hybridized carbons (Fsp3) is 0.375. The highest BCUT2D eigenvalue weighted by atomic mass is 19.1. The lowest BCUT2D eigenvalue weighted by molar-refractivity contribution is -0.133. The van der Waals surface area contributed by atoms with E-state index in [4.69, 9.17) is 15.1 Å². The Kier molecular flexibility index (Phi) is 10.8. The Morgan fingerprint density at radius 2 is 1.55 bits per heavy atom. The van der Waals surface area contributed by atoms with E-state index < -0.39 is 35.1 Å². The van der Waals surface area contributed by atoms with E-state index >= 15 is 4.39 Å². The summed E-state index contributed by atoms with van der Waals surface area (Å²) >= 11 is 0. The van der Waals surface area contributed by atoms with Gasteiger partial charge in [0.2, 0.25) is 11.8 Å². The Morgan fingerprint density at radius 3 is 2.25 bits per heavy atom. The summed E-state index contributed by atoms with van der Waals surface area (Å²) in [5.41, 5.74) is 4.15. The van der Waals surface area contributed by atoms with Crippen molar-refractivity contribution >= 4 is 40.4 Å². The highest BCUT2D eigenvalue weighted by Gasteiger charge is 2.48. The molecular weight excluding hydrogens is 864 g/mol. The number of nitrogens with one attached hydrogen (secondary N) is 2. The lowest BCUT2D eigenvalue weighted by Gasteiger charge is -2.56. The average molecular weight is 910 g/mol. The number of halogens is 3. The third-order valence-electron chi connectivity index (χ3n) is 14.2. The Labute approximate surface area is 383 Å². The number of piperidine rings is 2. The molecule has 5 aliphatic heterocycles. The molecule has 2 aromatic carbocycles. The molecule has 6 aromatic rings. The summed E-state index contributed by atoms with van der Waals surface area (Å²) in [6.45, 7) is 4.01. The number of pyridine rings is 1. The zero-order chi connectivity index (χ0) is 45.9. The highest BCUT2D eigenvalue weighted by molar-refractivity contribution is 6.01. The van der Waals surface area contributed by atoms with Crippen LogP contribution in [0.1, 0.15) is 66.9 Å². The van der Waals surface area contributed by atoms with Gasteiger partial charge in [0.25, 0.3) is 5.91 Å². The summed E-state index contributed by atoms with van der Waals surface area (Å²) < 4.78 is 48.0. The minimum absolute atomic E-state index is 0.197. The normalized spacial score (nSPS) is 23.2. The maximum atomic E-state index is 15.4. The number of carbonyl (C=O) groups excluding carboxylic acids is 3. The molecule has 0 spiro atoms. The van der Waals surface area contributed by atoms with Crippen molar-refractivity contribution in [1.82, 2.24) is 44.5 Å². The van der Waals surface area contributed by atoms with Gasteiger partial charge in [0.1, 0.15) is 52.0 Å². The van der Waals surface area contributed by atoms with Gasteiger partial charge in [-0.1, -0.05) is 6.07 Å². The molecule has 3 amide bonds. The fourth-order valence-corrected chi connectivity index (χ4v) is 10.7. The zero-order valence-electron chi connectivity index (χ0n) is 36.4. The van der Waals surface area contributed by atoms with Crippen LogP contribution in [0.25, 0.3) is 28.0 Å². The van der Waals surface area contributed by atoms with Gasteiger partial charge in [-0.25, -0.2) is 27.7 Å². The van der Waals surface area contributed by atoms with Crippen LogP contribution in [0.5, 0.6) is 0 Å². The van der Waals surface area contributed by atoms with E-state index in [0.717, 1.165) is 62.9 Å². The molecule has 0 radical (unpaired) electrons. The topological polar surface area (TPSA) is 173 Å². The second kappa shape index (κ2) is 17.1. The maximum absolute atomic E-state index is 15.4. The van der Waals surface area contributed by atoms with Crippen molar-refractivity contribution in [2.75, 3.05) is 54.4 Å². The number of hydrogen-bond donors (Lipinski definition) is 2. The van der Waals surface area contributed by atoms with Crippen molar-refractivity contribution in [2.24, 2.45) is 0 Å². The van der Waals surface area contributed by atoms with Crippen molar-refractivity contribution in [3.8, 4) is 28.6 Å². The van der Waals surface area contributed by atoms with E-state index in [9.17, 15) is 28.4 Å². The molecule has 5 saturated heterocycles. The molecule has 3 unspecified atom stereocenters. The van der Waals surface area contributed by atoms with Crippen LogP contribution in [-0.2, 0) is 9.59 Å². The summed E-state index contributed by atoms with van der Waals surface area (Å²) in [7, 11) is 0. The average Bonchev–Trinajstić information content (AvgIpc) is 4.01. The van der Waals surface area contributed by atoms with Gasteiger partial charge in [-0.15, -0.1) is 0 Å². The molecule has 16 nitrogen and oxygen atoms in total. The molecule has 6 aliphatic rings. The number of aromatic nitrogens is 6. The number of nitriles is 1. The summed E-state index contributed by atoms with van der Waals surface area (Å²) in [6.07, 6.45) is 14.2. The predicted octanol–water partition coefficient (Wildman–Crippen LogP) is 5.57. The van der Waals surface area contributed by atoms with Crippen LogP contribution >= 0.6 is 0 Å². The molecule has 6 fully saturated rings. The van der Waals surface area contributed by atoms with Crippen molar-refractivity contribution < 1.29 is 27.6 Å². The largest absolute Gasteiger partial charge is 0.374 e.